The number of hydrogen-bond acceptors (Lipinski definition) is 8. The van der Waals surface area contributed by atoms with E-state index in [-0.39, 0.29) is 17.4 Å². The first-order valence-electron chi connectivity index (χ1n) is 14.0. The smallest absolute Gasteiger partial charge is 0.308 e. The van der Waals surface area contributed by atoms with E-state index in [1.54, 1.807) is 6.07 Å². The van der Waals surface area contributed by atoms with Crippen LogP contribution < -0.4 is 4.74 Å². The van der Waals surface area contributed by atoms with Crippen molar-refractivity contribution in [2.24, 2.45) is 0 Å². The summed E-state index contributed by atoms with van der Waals surface area (Å²) < 4.78 is 5.62. The molecule has 4 aromatic carbocycles. The van der Waals surface area contributed by atoms with Crippen LogP contribution >= 0.6 is 0 Å². The molecule has 7 aromatic rings. The van der Waals surface area contributed by atoms with Gasteiger partial charge in [0, 0.05) is 62.7 Å². The summed E-state index contributed by atoms with van der Waals surface area (Å²) in [5, 5.41) is 3.15. The number of esters is 1. The van der Waals surface area contributed by atoms with E-state index in [0.29, 0.717) is 57.0 Å². The quantitative estimate of drug-likeness (QED) is 0.151. The molecule has 9 rings (SSSR count). The molecule has 0 radical (unpaired) electrons. The summed E-state index contributed by atoms with van der Waals surface area (Å²) in [6.07, 6.45) is 0. The van der Waals surface area contributed by atoms with Crippen molar-refractivity contribution >= 4 is 50.1 Å². The molecule has 0 spiro atoms. The van der Waals surface area contributed by atoms with E-state index >= 15 is 0 Å². The summed E-state index contributed by atoms with van der Waals surface area (Å²) in [6.45, 7) is 1.37. The monoisotopic (exact) mass is 624 g/mol. The number of aromatic amines is 2. The van der Waals surface area contributed by atoms with Crippen LogP contribution in [0.15, 0.2) is 91.0 Å². The van der Waals surface area contributed by atoms with Crippen LogP contribution in [0.4, 0.5) is 0 Å². The molecular formula is C34H20CrN8O2. The van der Waals surface area contributed by atoms with Crippen molar-refractivity contribution in [1.29, 1.82) is 0 Å². The van der Waals surface area contributed by atoms with Crippen LogP contribution in [0.5, 0.6) is 5.75 Å². The third-order valence-electron chi connectivity index (χ3n) is 7.79. The molecule has 2 aliphatic rings. The Morgan fingerprint density at radius 1 is 0.511 bits per heavy atom. The molecule has 0 saturated heterocycles. The molecule has 3 aromatic heterocycles. The van der Waals surface area contributed by atoms with Gasteiger partial charge in [-0.1, -0.05) is 84.9 Å². The minimum atomic E-state index is -0.438. The maximum Gasteiger partial charge on any atom is 0.308 e. The molecule has 0 unspecified atom stereocenters. The molecule has 10 nitrogen and oxygen atoms in total. The number of H-pyrrole nitrogens is 2. The van der Waals surface area contributed by atoms with E-state index < -0.39 is 5.97 Å². The van der Waals surface area contributed by atoms with Gasteiger partial charge < -0.3 is 14.7 Å². The molecular weight excluding hydrogens is 604 g/mol. The number of benzene rings is 4. The second-order valence-electron chi connectivity index (χ2n) is 10.5. The van der Waals surface area contributed by atoms with Crippen molar-refractivity contribution in [3.8, 4) is 51.3 Å². The van der Waals surface area contributed by atoms with Gasteiger partial charge in [-0.2, -0.15) is 0 Å². The Labute approximate surface area is 265 Å². The summed E-state index contributed by atoms with van der Waals surface area (Å²) in [7, 11) is 0. The molecule has 11 heteroatoms. The molecule has 8 bridgehead atoms. The largest absolute Gasteiger partial charge is 0.426 e. The first-order valence-corrected chi connectivity index (χ1v) is 14.0. The van der Waals surface area contributed by atoms with E-state index in [9.17, 15) is 4.79 Å². The standard InChI is InChI=1S/C34H20N8O2.Cr/c1-17(43)44-25-16-8-15-24-26(25)34-41-32-23-14-7-6-13-22(23)30(39-32)37-28-19-10-3-2-9-18(19)27(35-28)36-29-20-11-4-5-12-21(20)31(38-29)40-33(24)42-34;/h2-16H,1H3,(H2,35,36,37,38,39,40,41,42);. The van der Waals surface area contributed by atoms with Gasteiger partial charge in [0.25, 0.3) is 0 Å². The second kappa shape index (κ2) is 10.2. The number of carbonyl (C=O) groups excluding carboxylic acids is 1. The molecule has 45 heavy (non-hydrogen) atoms. The van der Waals surface area contributed by atoms with Crippen molar-refractivity contribution in [3.05, 3.63) is 91.0 Å². The third-order valence-corrected chi connectivity index (χ3v) is 7.79. The fraction of sp³-hybridized carbons (Fsp3) is 0.0294. The second-order valence-corrected chi connectivity index (χ2v) is 10.5. The van der Waals surface area contributed by atoms with Gasteiger partial charge in [-0.15, -0.1) is 0 Å². The van der Waals surface area contributed by atoms with Gasteiger partial charge in [0.2, 0.25) is 0 Å². The molecule has 214 valence electrons. The summed E-state index contributed by atoms with van der Waals surface area (Å²) in [5.74, 6) is 1.95. The topological polar surface area (TPSA) is 135 Å². The Morgan fingerprint density at radius 2 is 0.911 bits per heavy atom. The number of fused-ring (bicyclic) bond motifs is 20. The Kier molecular flexibility index (Phi) is 6.06. The first-order chi connectivity index (χ1) is 21.6. The van der Waals surface area contributed by atoms with E-state index in [2.05, 4.69) is 9.97 Å². The Hall–Kier alpha value is -5.76. The zero-order valence-corrected chi connectivity index (χ0v) is 24.8. The van der Waals surface area contributed by atoms with E-state index in [1.165, 1.54) is 6.92 Å². The number of hydrogen-bond donors (Lipinski definition) is 2. The maximum atomic E-state index is 12.1. The third kappa shape index (κ3) is 4.21. The molecule has 2 N–H and O–H groups in total. The van der Waals surface area contributed by atoms with Crippen LogP contribution in [0.2, 0.25) is 0 Å². The molecule has 2 aliphatic heterocycles. The number of rotatable bonds is 1. The molecule has 0 fully saturated rings. The van der Waals surface area contributed by atoms with Crippen molar-refractivity contribution in [3.63, 3.8) is 0 Å². The minimum Gasteiger partial charge on any atom is -0.426 e. The minimum absolute atomic E-state index is 0. The van der Waals surface area contributed by atoms with Crippen LogP contribution in [0.1, 0.15) is 6.92 Å². The molecule has 5 heterocycles. The molecule has 0 amide bonds. The van der Waals surface area contributed by atoms with Crippen LogP contribution in [0, 0.1) is 0 Å². The predicted octanol–water partition coefficient (Wildman–Crippen LogP) is 6.79. The predicted molar refractivity (Wildman–Crippen MR) is 167 cm³/mol. The van der Waals surface area contributed by atoms with Gasteiger partial charge in [0.15, 0.2) is 23.3 Å². The molecule has 0 atom stereocenters. The Bertz CT molecular complexity index is 2530. The maximum absolute atomic E-state index is 12.1. The fourth-order valence-electron chi connectivity index (χ4n) is 5.90. The van der Waals surface area contributed by atoms with E-state index in [4.69, 9.17) is 34.6 Å². The van der Waals surface area contributed by atoms with Crippen molar-refractivity contribution in [2.75, 3.05) is 0 Å². The molecule has 0 saturated carbocycles. The van der Waals surface area contributed by atoms with E-state index in [1.807, 2.05) is 84.9 Å². The van der Waals surface area contributed by atoms with Crippen molar-refractivity contribution in [1.82, 2.24) is 39.9 Å². The summed E-state index contributed by atoms with van der Waals surface area (Å²) in [5.41, 5.74) is 5.63. The van der Waals surface area contributed by atoms with Crippen LogP contribution in [-0.4, -0.2) is 45.8 Å². The van der Waals surface area contributed by atoms with Gasteiger partial charge in [-0.3, -0.25) is 4.79 Å². The number of aromatic nitrogens is 8. The van der Waals surface area contributed by atoms with Gasteiger partial charge >= 0.3 is 5.97 Å². The van der Waals surface area contributed by atoms with Crippen LogP contribution in [0.3, 0.4) is 0 Å². The van der Waals surface area contributed by atoms with Crippen LogP contribution in [-0.2, 0) is 22.2 Å². The zero-order valence-electron chi connectivity index (χ0n) is 23.6. The average molecular weight is 625 g/mol. The van der Waals surface area contributed by atoms with Crippen LogP contribution in [0.25, 0.3) is 89.7 Å². The summed E-state index contributed by atoms with van der Waals surface area (Å²) in [4.78, 5) is 48.6. The number of carbonyl (C=O) groups is 1. The van der Waals surface area contributed by atoms with Gasteiger partial charge in [-0.25, -0.2) is 29.9 Å². The van der Waals surface area contributed by atoms with Gasteiger partial charge in [0.05, 0.1) is 5.39 Å². The summed E-state index contributed by atoms with van der Waals surface area (Å²) in [6, 6.07) is 29.1. The number of nitrogens with one attached hydrogen (secondary N) is 2. The summed E-state index contributed by atoms with van der Waals surface area (Å²) >= 11 is 0. The average Bonchev–Trinajstić information content (AvgIpc) is 3.77. The van der Waals surface area contributed by atoms with Crippen molar-refractivity contribution < 1.29 is 26.9 Å². The Morgan fingerprint density at radius 3 is 1.40 bits per heavy atom. The van der Waals surface area contributed by atoms with E-state index in [0.717, 1.165) is 38.4 Å². The number of ether oxygens (including phenoxy) is 1. The fourth-order valence-corrected chi connectivity index (χ4v) is 5.90. The van der Waals surface area contributed by atoms with Gasteiger partial charge in [-0.05, 0) is 6.07 Å². The number of nitrogens with zero attached hydrogens (tertiary/aromatic N) is 6. The van der Waals surface area contributed by atoms with Crippen molar-refractivity contribution in [2.45, 2.75) is 6.92 Å². The first kappa shape index (κ1) is 26.8. The van der Waals surface area contributed by atoms with Gasteiger partial charge in [0.1, 0.15) is 28.3 Å². The Balaban J connectivity index is 0.00000300. The SMILES string of the molecule is CC(=O)Oc1cccc2c3nc4nc(nc5[nH]c(nc6nc(nc([nH]3)c12)-c1ccccc1-6)c1ccccc51)-c1ccccc1-4.[Cr]. The normalized spacial score (nSPS) is 11.6. The molecule has 0 aliphatic carbocycles. The zero-order chi connectivity index (χ0) is 29.4.